The van der Waals surface area contributed by atoms with E-state index in [0.717, 1.165) is 4.57 Å². The molecule has 0 spiro atoms. The molecule has 0 fully saturated rings. The summed E-state index contributed by atoms with van der Waals surface area (Å²) in [6, 6.07) is 8.96. The van der Waals surface area contributed by atoms with Crippen LogP contribution < -0.4 is 11.2 Å². The van der Waals surface area contributed by atoms with Gasteiger partial charge in [-0.15, -0.1) is 5.11 Å². The molecule has 0 aliphatic heterocycles. The van der Waals surface area contributed by atoms with Crippen molar-refractivity contribution in [1.29, 1.82) is 0 Å². The SMILES string of the molecule is CCO/C=N/c1c(N=Nc2ccccc2)c(=O)n(C)c(=O)n1C. The number of benzene rings is 1. The summed E-state index contributed by atoms with van der Waals surface area (Å²) in [4.78, 5) is 28.3. The minimum Gasteiger partial charge on any atom is -0.483 e. The Morgan fingerprint density at radius 3 is 2.43 bits per heavy atom. The first kappa shape index (κ1) is 16.3. The van der Waals surface area contributed by atoms with Crippen molar-refractivity contribution in [1.82, 2.24) is 9.13 Å². The quantitative estimate of drug-likeness (QED) is 0.481. The predicted molar refractivity (Wildman–Crippen MR) is 87.3 cm³/mol. The molecule has 0 aliphatic rings. The first-order valence-electron chi connectivity index (χ1n) is 6.97. The van der Waals surface area contributed by atoms with Gasteiger partial charge in [-0.05, 0) is 19.1 Å². The fourth-order valence-electron chi connectivity index (χ4n) is 1.82. The lowest BCUT2D eigenvalue weighted by atomic mass is 10.3. The van der Waals surface area contributed by atoms with Crippen LogP contribution in [0.2, 0.25) is 0 Å². The molecule has 0 saturated carbocycles. The highest BCUT2D eigenvalue weighted by Gasteiger charge is 2.14. The van der Waals surface area contributed by atoms with E-state index in [4.69, 9.17) is 4.74 Å². The number of rotatable bonds is 5. The molecule has 0 bridgehead atoms. The Morgan fingerprint density at radius 1 is 1.09 bits per heavy atom. The van der Waals surface area contributed by atoms with Crippen LogP contribution in [0.5, 0.6) is 0 Å². The Kier molecular flexibility index (Phi) is 5.19. The Balaban J connectivity index is 2.58. The van der Waals surface area contributed by atoms with E-state index in [0.29, 0.717) is 12.3 Å². The molecular formula is C15H17N5O3. The van der Waals surface area contributed by atoms with Gasteiger partial charge in [0.25, 0.3) is 5.56 Å². The van der Waals surface area contributed by atoms with Gasteiger partial charge in [-0.3, -0.25) is 13.9 Å². The number of aromatic nitrogens is 2. The van der Waals surface area contributed by atoms with Crippen LogP contribution in [-0.4, -0.2) is 22.1 Å². The summed E-state index contributed by atoms with van der Waals surface area (Å²) in [5.74, 6) is 0.0891. The number of hydrogen-bond acceptors (Lipinski definition) is 6. The minimum absolute atomic E-state index is 0.0330. The third-order valence-corrected chi connectivity index (χ3v) is 3.05. The molecule has 120 valence electrons. The van der Waals surface area contributed by atoms with E-state index < -0.39 is 11.2 Å². The second kappa shape index (κ2) is 7.30. The second-order valence-corrected chi connectivity index (χ2v) is 4.60. The van der Waals surface area contributed by atoms with Gasteiger partial charge in [0, 0.05) is 14.1 Å². The summed E-state index contributed by atoms with van der Waals surface area (Å²) < 4.78 is 7.21. The van der Waals surface area contributed by atoms with Crippen LogP contribution >= 0.6 is 0 Å². The lowest BCUT2D eigenvalue weighted by molar-refractivity contribution is 0.343. The number of hydrogen-bond donors (Lipinski definition) is 0. The van der Waals surface area contributed by atoms with E-state index in [2.05, 4.69) is 15.2 Å². The topological polar surface area (TPSA) is 90.3 Å². The molecule has 0 unspecified atom stereocenters. The predicted octanol–water partition coefficient (Wildman–Crippen LogP) is 2.20. The second-order valence-electron chi connectivity index (χ2n) is 4.60. The molecule has 0 saturated heterocycles. The zero-order valence-corrected chi connectivity index (χ0v) is 13.1. The highest BCUT2D eigenvalue weighted by Crippen LogP contribution is 2.23. The maximum absolute atomic E-state index is 12.3. The highest BCUT2D eigenvalue weighted by molar-refractivity contribution is 5.63. The molecule has 2 aromatic rings. The van der Waals surface area contributed by atoms with Gasteiger partial charge >= 0.3 is 5.69 Å². The van der Waals surface area contributed by atoms with Crippen molar-refractivity contribution < 1.29 is 4.74 Å². The van der Waals surface area contributed by atoms with E-state index in [-0.39, 0.29) is 11.5 Å². The molecule has 0 aliphatic carbocycles. The summed E-state index contributed by atoms with van der Waals surface area (Å²) in [5.41, 5.74) is -0.522. The summed E-state index contributed by atoms with van der Waals surface area (Å²) in [7, 11) is 2.88. The van der Waals surface area contributed by atoms with E-state index in [1.807, 2.05) is 6.07 Å². The third kappa shape index (κ3) is 3.60. The zero-order valence-electron chi connectivity index (χ0n) is 13.1. The summed E-state index contributed by atoms with van der Waals surface area (Å²) in [6.45, 7) is 2.22. The number of azo groups is 1. The molecule has 1 aromatic heterocycles. The monoisotopic (exact) mass is 315 g/mol. The van der Waals surface area contributed by atoms with E-state index in [9.17, 15) is 9.59 Å². The first-order chi connectivity index (χ1) is 11.1. The molecule has 2 rings (SSSR count). The third-order valence-electron chi connectivity index (χ3n) is 3.05. The number of ether oxygens (including phenoxy) is 1. The molecule has 0 N–H and O–H groups in total. The van der Waals surface area contributed by atoms with Gasteiger partial charge in [0.15, 0.2) is 17.9 Å². The molecule has 1 heterocycles. The fraction of sp³-hybridized carbons (Fsp3) is 0.267. The Hall–Kier alpha value is -3.03. The summed E-state index contributed by atoms with van der Waals surface area (Å²) in [6.07, 6.45) is 1.18. The molecular weight excluding hydrogens is 298 g/mol. The van der Waals surface area contributed by atoms with Crippen molar-refractivity contribution in [3.63, 3.8) is 0 Å². The van der Waals surface area contributed by atoms with Crippen molar-refractivity contribution in [2.75, 3.05) is 6.61 Å². The van der Waals surface area contributed by atoms with Crippen molar-refractivity contribution >= 4 is 23.6 Å². The average molecular weight is 315 g/mol. The van der Waals surface area contributed by atoms with Crippen molar-refractivity contribution in [2.24, 2.45) is 29.3 Å². The van der Waals surface area contributed by atoms with Crippen LogP contribution in [0.1, 0.15) is 6.92 Å². The van der Waals surface area contributed by atoms with Gasteiger partial charge in [0.2, 0.25) is 0 Å². The molecule has 8 nitrogen and oxygen atoms in total. The molecule has 1 aromatic carbocycles. The van der Waals surface area contributed by atoms with Crippen LogP contribution in [0.3, 0.4) is 0 Å². The van der Waals surface area contributed by atoms with Gasteiger partial charge < -0.3 is 4.74 Å². The van der Waals surface area contributed by atoms with Gasteiger partial charge in [0.1, 0.15) is 0 Å². The van der Waals surface area contributed by atoms with Gasteiger partial charge in [-0.1, -0.05) is 18.2 Å². The van der Waals surface area contributed by atoms with Crippen molar-refractivity contribution in [2.45, 2.75) is 6.92 Å². The maximum Gasteiger partial charge on any atom is 0.332 e. The Morgan fingerprint density at radius 2 is 1.78 bits per heavy atom. The summed E-state index contributed by atoms with van der Waals surface area (Å²) in [5, 5.41) is 8.00. The number of aliphatic imine (C=N–C) groups is 1. The van der Waals surface area contributed by atoms with E-state index in [1.54, 1.807) is 31.2 Å². The Bertz CT molecular complexity index is 850. The smallest absolute Gasteiger partial charge is 0.332 e. The average Bonchev–Trinajstić information content (AvgIpc) is 2.58. The fourth-order valence-corrected chi connectivity index (χ4v) is 1.82. The summed E-state index contributed by atoms with van der Waals surface area (Å²) >= 11 is 0. The molecule has 8 heteroatoms. The lowest BCUT2D eigenvalue weighted by Crippen LogP contribution is -2.36. The van der Waals surface area contributed by atoms with Gasteiger partial charge in [-0.25, -0.2) is 9.79 Å². The van der Waals surface area contributed by atoms with Crippen LogP contribution in [-0.2, 0) is 18.8 Å². The van der Waals surface area contributed by atoms with Crippen molar-refractivity contribution in [3.05, 3.63) is 51.2 Å². The van der Waals surface area contributed by atoms with Crippen molar-refractivity contribution in [3.8, 4) is 0 Å². The molecule has 0 atom stereocenters. The molecule has 23 heavy (non-hydrogen) atoms. The van der Waals surface area contributed by atoms with Crippen LogP contribution in [0.15, 0.2) is 55.1 Å². The molecule has 0 amide bonds. The lowest BCUT2D eigenvalue weighted by Gasteiger charge is -2.08. The number of nitrogens with zero attached hydrogens (tertiary/aromatic N) is 5. The van der Waals surface area contributed by atoms with Gasteiger partial charge in [0.05, 0.1) is 12.3 Å². The Labute approximate surface area is 132 Å². The van der Waals surface area contributed by atoms with Crippen LogP contribution in [0.4, 0.5) is 17.2 Å². The van der Waals surface area contributed by atoms with Gasteiger partial charge in [-0.2, -0.15) is 5.11 Å². The largest absolute Gasteiger partial charge is 0.483 e. The normalized spacial score (nSPS) is 11.4. The molecule has 0 radical (unpaired) electrons. The van der Waals surface area contributed by atoms with Crippen LogP contribution in [0.25, 0.3) is 0 Å². The zero-order chi connectivity index (χ0) is 16.8. The maximum atomic E-state index is 12.3. The van der Waals surface area contributed by atoms with Crippen LogP contribution in [0, 0.1) is 0 Å². The minimum atomic E-state index is -0.573. The highest BCUT2D eigenvalue weighted by atomic mass is 16.5. The first-order valence-corrected chi connectivity index (χ1v) is 6.97. The standard InChI is InChI=1S/C15H17N5O3/c1-4-23-10-16-13-12(14(21)20(3)15(22)19(13)2)18-17-11-8-6-5-7-9-11/h5-10H,4H2,1-3H3/b16-10+,18-17?. The van der Waals surface area contributed by atoms with E-state index in [1.165, 1.54) is 25.1 Å². The van der Waals surface area contributed by atoms with E-state index >= 15 is 0 Å².